The van der Waals surface area contributed by atoms with Crippen LogP contribution in [0, 0.1) is 13.8 Å². The van der Waals surface area contributed by atoms with E-state index in [9.17, 15) is 0 Å². The lowest BCUT2D eigenvalue weighted by atomic mass is 10.1. The van der Waals surface area contributed by atoms with E-state index in [0.29, 0.717) is 0 Å². The molecule has 1 aliphatic rings. The second kappa shape index (κ2) is 6.87. The maximum atomic E-state index is 6.03. The molecule has 1 aromatic heterocycles. The van der Waals surface area contributed by atoms with Crippen molar-refractivity contribution in [3.63, 3.8) is 0 Å². The van der Waals surface area contributed by atoms with E-state index < -0.39 is 0 Å². The Morgan fingerprint density at radius 3 is 2.64 bits per heavy atom. The molecule has 0 aliphatic carbocycles. The van der Waals surface area contributed by atoms with Crippen LogP contribution in [0.3, 0.4) is 0 Å². The molecule has 0 spiro atoms. The van der Waals surface area contributed by atoms with Crippen molar-refractivity contribution in [1.29, 1.82) is 0 Å². The Kier molecular flexibility index (Phi) is 4.43. The molecule has 3 heteroatoms. The van der Waals surface area contributed by atoms with Gasteiger partial charge in [0, 0.05) is 36.7 Å². The van der Waals surface area contributed by atoms with Gasteiger partial charge in [-0.05, 0) is 37.6 Å². The van der Waals surface area contributed by atoms with E-state index in [-0.39, 0.29) is 6.23 Å². The van der Waals surface area contributed by atoms with Gasteiger partial charge >= 0.3 is 0 Å². The summed E-state index contributed by atoms with van der Waals surface area (Å²) in [5, 5.41) is 0. The Labute approximate surface area is 149 Å². The Morgan fingerprint density at radius 1 is 1.00 bits per heavy atom. The van der Waals surface area contributed by atoms with Crippen LogP contribution in [0.4, 0.5) is 0 Å². The molecule has 1 aliphatic heterocycles. The number of benzene rings is 2. The molecule has 0 bridgehead atoms. The summed E-state index contributed by atoms with van der Waals surface area (Å²) in [4.78, 5) is 2.41. The quantitative estimate of drug-likeness (QED) is 0.693. The van der Waals surface area contributed by atoms with E-state index in [4.69, 9.17) is 4.74 Å². The predicted molar refractivity (Wildman–Crippen MR) is 101 cm³/mol. The molecule has 0 N–H and O–H groups in total. The van der Waals surface area contributed by atoms with E-state index in [1.165, 1.54) is 27.9 Å². The van der Waals surface area contributed by atoms with Crippen LogP contribution in [-0.4, -0.2) is 22.6 Å². The number of rotatable bonds is 4. The molecular weight excluding hydrogens is 308 g/mol. The molecule has 128 valence electrons. The SMILES string of the molecule is Cc1ccc(-n2ccc(C3OCCN3Cc3cccc(C)c3)c2)cc1. The molecule has 1 atom stereocenters. The van der Waals surface area contributed by atoms with Crippen LogP contribution in [-0.2, 0) is 11.3 Å². The lowest BCUT2D eigenvalue weighted by Gasteiger charge is -2.22. The first-order valence-electron chi connectivity index (χ1n) is 8.85. The Morgan fingerprint density at radius 2 is 1.84 bits per heavy atom. The minimum atomic E-state index is 0.0345. The molecule has 1 unspecified atom stereocenters. The summed E-state index contributed by atoms with van der Waals surface area (Å²) in [5.41, 5.74) is 6.32. The second-order valence-electron chi connectivity index (χ2n) is 6.87. The maximum Gasteiger partial charge on any atom is 0.138 e. The Bertz CT molecular complexity index is 850. The summed E-state index contributed by atoms with van der Waals surface area (Å²) >= 11 is 0. The van der Waals surface area contributed by atoms with Gasteiger partial charge in [0.05, 0.1) is 6.61 Å². The number of hydrogen-bond acceptors (Lipinski definition) is 2. The molecule has 1 saturated heterocycles. The van der Waals surface area contributed by atoms with Crippen LogP contribution in [0.15, 0.2) is 67.0 Å². The van der Waals surface area contributed by atoms with Gasteiger partial charge < -0.3 is 9.30 Å². The molecule has 0 radical (unpaired) electrons. The van der Waals surface area contributed by atoms with Crippen LogP contribution in [0.25, 0.3) is 5.69 Å². The van der Waals surface area contributed by atoms with Crippen LogP contribution in [0.1, 0.15) is 28.5 Å². The minimum absolute atomic E-state index is 0.0345. The number of nitrogens with zero attached hydrogens (tertiary/aromatic N) is 2. The molecule has 25 heavy (non-hydrogen) atoms. The smallest absolute Gasteiger partial charge is 0.138 e. The molecule has 2 heterocycles. The minimum Gasteiger partial charge on any atom is -0.357 e. The lowest BCUT2D eigenvalue weighted by molar-refractivity contribution is 0.0288. The van der Waals surface area contributed by atoms with Crippen molar-refractivity contribution < 1.29 is 4.74 Å². The van der Waals surface area contributed by atoms with Crippen molar-refractivity contribution >= 4 is 0 Å². The normalized spacial score (nSPS) is 17.9. The van der Waals surface area contributed by atoms with Crippen molar-refractivity contribution in [2.45, 2.75) is 26.6 Å². The average molecular weight is 332 g/mol. The second-order valence-corrected chi connectivity index (χ2v) is 6.87. The zero-order chi connectivity index (χ0) is 17.2. The van der Waals surface area contributed by atoms with Gasteiger partial charge in [-0.2, -0.15) is 0 Å². The summed E-state index contributed by atoms with van der Waals surface area (Å²) in [7, 11) is 0. The average Bonchev–Trinajstić information content (AvgIpc) is 3.25. The van der Waals surface area contributed by atoms with Crippen molar-refractivity contribution in [2.75, 3.05) is 13.2 Å². The number of hydrogen-bond donors (Lipinski definition) is 0. The third-order valence-corrected chi connectivity index (χ3v) is 4.79. The molecule has 0 amide bonds. The van der Waals surface area contributed by atoms with Gasteiger partial charge in [-0.3, -0.25) is 4.90 Å². The van der Waals surface area contributed by atoms with Gasteiger partial charge in [0.1, 0.15) is 6.23 Å². The Hall–Kier alpha value is -2.36. The number of ether oxygens (including phenoxy) is 1. The number of aromatic nitrogens is 1. The molecular formula is C22H24N2O. The lowest BCUT2D eigenvalue weighted by Crippen LogP contribution is -2.23. The summed E-state index contributed by atoms with van der Waals surface area (Å²) in [6.45, 7) is 6.92. The van der Waals surface area contributed by atoms with Crippen LogP contribution < -0.4 is 0 Å². The Balaban J connectivity index is 1.53. The number of aryl methyl sites for hydroxylation is 2. The third-order valence-electron chi connectivity index (χ3n) is 4.79. The summed E-state index contributed by atoms with van der Waals surface area (Å²) in [5.74, 6) is 0. The fraction of sp³-hybridized carbons (Fsp3) is 0.273. The van der Waals surface area contributed by atoms with Gasteiger partial charge in [0.2, 0.25) is 0 Å². The monoisotopic (exact) mass is 332 g/mol. The van der Waals surface area contributed by atoms with Gasteiger partial charge in [0.15, 0.2) is 0 Å². The van der Waals surface area contributed by atoms with Crippen molar-refractivity contribution in [3.05, 3.63) is 89.2 Å². The zero-order valence-electron chi connectivity index (χ0n) is 14.9. The fourth-order valence-electron chi connectivity index (χ4n) is 3.45. The van der Waals surface area contributed by atoms with Crippen molar-refractivity contribution in [1.82, 2.24) is 9.47 Å². The van der Waals surface area contributed by atoms with Gasteiger partial charge in [-0.25, -0.2) is 0 Å². The molecule has 1 fully saturated rings. The van der Waals surface area contributed by atoms with Gasteiger partial charge in [0.25, 0.3) is 0 Å². The van der Waals surface area contributed by atoms with Gasteiger partial charge in [-0.1, -0.05) is 47.5 Å². The fourth-order valence-corrected chi connectivity index (χ4v) is 3.45. The van der Waals surface area contributed by atoms with E-state index in [0.717, 1.165) is 19.7 Å². The molecule has 2 aromatic carbocycles. The van der Waals surface area contributed by atoms with Gasteiger partial charge in [-0.15, -0.1) is 0 Å². The van der Waals surface area contributed by atoms with E-state index in [1.54, 1.807) is 0 Å². The van der Waals surface area contributed by atoms with Crippen molar-refractivity contribution in [3.8, 4) is 5.69 Å². The highest BCUT2D eigenvalue weighted by Gasteiger charge is 2.27. The van der Waals surface area contributed by atoms with Crippen molar-refractivity contribution in [2.24, 2.45) is 0 Å². The highest BCUT2D eigenvalue weighted by molar-refractivity contribution is 5.36. The molecule has 3 nitrogen and oxygen atoms in total. The summed E-state index contributed by atoms with van der Waals surface area (Å²) < 4.78 is 8.20. The largest absolute Gasteiger partial charge is 0.357 e. The van der Waals surface area contributed by atoms with Crippen LogP contribution in [0.5, 0.6) is 0 Å². The standard InChI is InChI=1S/C22H24N2O/c1-17-6-8-21(9-7-17)23-11-10-20(16-23)22-24(12-13-25-22)15-19-5-3-4-18(2)14-19/h3-11,14,16,22H,12-13,15H2,1-2H3. The van der Waals surface area contributed by atoms with Crippen LogP contribution in [0.2, 0.25) is 0 Å². The first kappa shape index (κ1) is 16.1. The zero-order valence-corrected chi connectivity index (χ0v) is 14.9. The first-order chi connectivity index (χ1) is 12.2. The molecule has 3 aromatic rings. The molecule has 0 saturated carbocycles. The third kappa shape index (κ3) is 3.53. The topological polar surface area (TPSA) is 17.4 Å². The summed E-state index contributed by atoms with van der Waals surface area (Å²) in [6, 6.07) is 19.5. The highest BCUT2D eigenvalue weighted by Crippen LogP contribution is 2.29. The molecule has 4 rings (SSSR count). The highest BCUT2D eigenvalue weighted by atomic mass is 16.5. The first-order valence-corrected chi connectivity index (χ1v) is 8.85. The van der Waals surface area contributed by atoms with E-state index in [2.05, 4.69) is 90.3 Å². The maximum absolute atomic E-state index is 6.03. The van der Waals surface area contributed by atoms with E-state index >= 15 is 0 Å². The predicted octanol–water partition coefficient (Wildman–Crippen LogP) is 4.63. The van der Waals surface area contributed by atoms with E-state index in [1.807, 2.05) is 0 Å². The van der Waals surface area contributed by atoms with Crippen LogP contribution >= 0.6 is 0 Å². The summed E-state index contributed by atoms with van der Waals surface area (Å²) in [6.07, 6.45) is 4.34.